The molecule has 0 aliphatic rings. The highest BCUT2D eigenvalue weighted by atomic mass is 32.2. The minimum absolute atomic E-state index is 0.0821. The van der Waals surface area contributed by atoms with Gasteiger partial charge in [0.15, 0.2) is 26.5 Å². The van der Waals surface area contributed by atoms with Crippen molar-refractivity contribution in [3.63, 3.8) is 0 Å². The maximum absolute atomic E-state index is 5.91. The standard InChI is InChI=1S/C19H18N10S3/c1-2-29-13(9-31-19-24-11-5-3-4-6-12(11)32-19)27-28-18(29)30-8-10-7-22-16-14(23-10)15(20)25-17(21)26-16/h3-7H,2,8-9H2,1H3,(H4,20,21,22,25,26). The third kappa shape index (κ3) is 4.18. The maximum Gasteiger partial charge on any atom is 0.224 e. The molecular weight excluding hydrogens is 464 g/mol. The van der Waals surface area contributed by atoms with E-state index in [0.29, 0.717) is 22.7 Å². The number of aromatic nitrogens is 8. The number of thiazole rings is 1. The lowest BCUT2D eigenvalue weighted by Crippen LogP contribution is -2.04. The van der Waals surface area contributed by atoms with Gasteiger partial charge in [-0.1, -0.05) is 35.7 Å². The molecule has 32 heavy (non-hydrogen) atoms. The summed E-state index contributed by atoms with van der Waals surface area (Å²) in [5, 5.41) is 9.61. The number of nitrogens with zero attached hydrogens (tertiary/aromatic N) is 8. The van der Waals surface area contributed by atoms with E-state index in [2.05, 4.69) is 52.7 Å². The first kappa shape index (κ1) is 20.8. The zero-order valence-corrected chi connectivity index (χ0v) is 19.4. The average molecular weight is 483 g/mol. The molecule has 0 atom stereocenters. The summed E-state index contributed by atoms with van der Waals surface area (Å²) >= 11 is 4.91. The lowest BCUT2D eigenvalue weighted by Gasteiger charge is -2.07. The quantitative estimate of drug-likeness (QED) is 0.329. The number of hydrogen-bond donors (Lipinski definition) is 2. The van der Waals surface area contributed by atoms with Crippen molar-refractivity contribution < 1.29 is 0 Å². The first-order valence-corrected chi connectivity index (χ1v) is 12.5. The Balaban J connectivity index is 1.29. The molecule has 0 radical (unpaired) electrons. The van der Waals surface area contributed by atoms with Gasteiger partial charge in [0.05, 0.1) is 27.9 Å². The van der Waals surface area contributed by atoms with Gasteiger partial charge >= 0.3 is 0 Å². The van der Waals surface area contributed by atoms with Crippen molar-refractivity contribution in [1.29, 1.82) is 0 Å². The summed E-state index contributed by atoms with van der Waals surface area (Å²) in [6.07, 6.45) is 1.66. The zero-order valence-electron chi connectivity index (χ0n) is 17.0. The summed E-state index contributed by atoms with van der Waals surface area (Å²) in [5.74, 6) is 2.48. The zero-order chi connectivity index (χ0) is 22.1. The van der Waals surface area contributed by atoms with E-state index in [1.54, 1.807) is 41.1 Å². The van der Waals surface area contributed by atoms with Crippen molar-refractivity contribution in [2.24, 2.45) is 0 Å². The van der Waals surface area contributed by atoms with Crippen LogP contribution in [-0.2, 0) is 18.1 Å². The number of thioether (sulfide) groups is 2. The summed E-state index contributed by atoms with van der Waals surface area (Å²) in [6.45, 7) is 2.85. The van der Waals surface area contributed by atoms with E-state index in [9.17, 15) is 0 Å². The van der Waals surface area contributed by atoms with Gasteiger partial charge in [0.25, 0.3) is 0 Å². The van der Waals surface area contributed by atoms with Crippen LogP contribution < -0.4 is 11.5 Å². The Morgan fingerprint density at radius 3 is 2.72 bits per heavy atom. The number of para-hydroxylation sites is 1. The molecule has 0 aliphatic carbocycles. The summed E-state index contributed by atoms with van der Waals surface area (Å²) in [6, 6.07) is 8.15. The first-order valence-electron chi connectivity index (χ1n) is 9.68. The second-order valence-electron chi connectivity index (χ2n) is 6.67. The Morgan fingerprint density at radius 1 is 1.00 bits per heavy atom. The van der Waals surface area contributed by atoms with E-state index >= 15 is 0 Å². The molecule has 5 rings (SSSR count). The third-order valence-electron chi connectivity index (χ3n) is 4.56. The normalized spacial score (nSPS) is 11.5. The second kappa shape index (κ2) is 8.84. The molecule has 0 saturated heterocycles. The van der Waals surface area contributed by atoms with Crippen LogP contribution in [0, 0.1) is 0 Å². The SMILES string of the molecule is CCn1c(CSc2nc3ccccc3s2)nnc1SCc1cnc2nc(N)nc(N)c2n1. The Hall–Kier alpha value is -3.03. The first-order chi connectivity index (χ1) is 15.6. The van der Waals surface area contributed by atoms with Gasteiger partial charge < -0.3 is 16.0 Å². The summed E-state index contributed by atoms with van der Waals surface area (Å²) in [7, 11) is 0. The number of nitrogen functional groups attached to an aromatic ring is 2. The van der Waals surface area contributed by atoms with Crippen LogP contribution in [0.2, 0.25) is 0 Å². The second-order valence-corrected chi connectivity index (χ2v) is 9.86. The van der Waals surface area contributed by atoms with Crippen LogP contribution in [0.25, 0.3) is 21.4 Å². The summed E-state index contributed by atoms with van der Waals surface area (Å²) < 4.78 is 4.32. The minimum Gasteiger partial charge on any atom is -0.382 e. The van der Waals surface area contributed by atoms with Crippen molar-refractivity contribution in [3.8, 4) is 0 Å². The van der Waals surface area contributed by atoms with E-state index in [4.69, 9.17) is 11.5 Å². The molecule has 0 spiro atoms. The van der Waals surface area contributed by atoms with Crippen LogP contribution >= 0.6 is 34.9 Å². The molecular formula is C19H18N10S3. The molecule has 0 amide bonds. The number of benzene rings is 1. The highest BCUT2D eigenvalue weighted by molar-refractivity contribution is 8.00. The number of rotatable bonds is 7. The van der Waals surface area contributed by atoms with Gasteiger partial charge in [-0.25, -0.2) is 15.0 Å². The highest BCUT2D eigenvalue weighted by Crippen LogP contribution is 2.32. The number of hydrogen-bond acceptors (Lipinski definition) is 12. The van der Waals surface area contributed by atoms with E-state index in [1.807, 2.05) is 18.2 Å². The van der Waals surface area contributed by atoms with Gasteiger partial charge in [-0.15, -0.1) is 21.5 Å². The van der Waals surface area contributed by atoms with E-state index in [1.165, 1.54) is 4.70 Å². The Kier molecular flexibility index (Phi) is 5.76. The summed E-state index contributed by atoms with van der Waals surface area (Å²) in [5.41, 5.74) is 14.1. The molecule has 13 heteroatoms. The molecule has 1 aromatic carbocycles. The lowest BCUT2D eigenvalue weighted by molar-refractivity contribution is 0.659. The third-order valence-corrected chi connectivity index (χ3v) is 7.73. The van der Waals surface area contributed by atoms with Crippen LogP contribution in [0.4, 0.5) is 11.8 Å². The van der Waals surface area contributed by atoms with Crippen molar-refractivity contribution in [2.75, 3.05) is 11.5 Å². The molecule has 0 unspecified atom stereocenters. The van der Waals surface area contributed by atoms with E-state index < -0.39 is 0 Å². The van der Waals surface area contributed by atoms with Crippen molar-refractivity contribution in [2.45, 2.75) is 34.5 Å². The maximum atomic E-state index is 5.91. The number of fused-ring (bicyclic) bond motifs is 2. The summed E-state index contributed by atoms with van der Waals surface area (Å²) in [4.78, 5) is 21.5. The van der Waals surface area contributed by atoms with Crippen LogP contribution in [-0.4, -0.2) is 39.7 Å². The van der Waals surface area contributed by atoms with Gasteiger partial charge in [0.1, 0.15) is 5.82 Å². The topological polar surface area (TPSA) is 147 Å². The highest BCUT2D eigenvalue weighted by Gasteiger charge is 2.14. The van der Waals surface area contributed by atoms with Gasteiger partial charge in [-0.05, 0) is 19.1 Å². The number of anilines is 2. The molecule has 0 fully saturated rings. The molecule has 4 aromatic heterocycles. The van der Waals surface area contributed by atoms with Crippen LogP contribution in [0.15, 0.2) is 40.0 Å². The van der Waals surface area contributed by atoms with Crippen LogP contribution in [0.5, 0.6) is 0 Å². The van der Waals surface area contributed by atoms with Crippen LogP contribution in [0.3, 0.4) is 0 Å². The van der Waals surface area contributed by atoms with Gasteiger partial charge in [-0.3, -0.25) is 0 Å². The molecule has 162 valence electrons. The Bertz CT molecular complexity index is 1380. The van der Waals surface area contributed by atoms with Gasteiger partial charge in [0, 0.05) is 12.3 Å². The fourth-order valence-corrected chi connectivity index (χ4v) is 5.99. The average Bonchev–Trinajstić information content (AvgIpc) is 3.39. The number of nitrogens with two attached hydrogens (primary N) is 2. The molecule has 0 saturated carbocycles. The predicted molar refractivity (Wildman–Crippen MR) is 128 cm³/mol. The minimum atomic E-state index is 0.0821. The van der Waals surface area contributed by atoms with E-state index in [0.717, 1.165) is 33.1 Å². The van der Waals surface area contributed by atoms with Crippen molar-refractivity contribution in [1.82, 2.24) is 39.7 Å². The van der Waals surface area contributed by atoms with Crippen molar-refractivity contribution in [3.05, 3.63) is 42.0 Å². The fraction of sp³-hybridized carbons (Fsp3) is 0.211. The molecule has 0 aliphatic heterocycles. The molecule has 0 bridgehead atoms. The lowest BCUT2D eigenvalue weighted by atomic mass is 10.3. The molecule has 4 N–H and O–H groups in total. The largest absolute Gasteiger partial charge is 0.382 e. The van der Waals surface area contributed by atoms with Gasteiger partial charge in [-0.2, -0.15) is 9.97 Å². The van der Waals surface area contributed by atoms with Crippen LogP contribution in [0.1, 0.15) is 18.4 Å². The van der Waals surface area contributed by atoms with Crippen molar-refractivity contribution >= 4 is 68.0 Å². The molecule has 4 heterocycles. The Labute approximate surface area is 195 Å². The fourth-order valence-electron chi connectivity index (χ4n) is 3.08. The Morgan fingerprint density at radius 2 is 1.88 bits per heavy atom. The van der Waals surface area contributed by atoms with E-state index in [-0.39, 0.29) is 11.8 Å². The monoisotopic (exact) mass is 482 g/mol. The molecule has 10 nitrogen and oxygen atoms in total. The van der Waals surface area contributed by atoms with Gasteiger partial charge in [0.2, 0.25) is 5.95 Å². The molecule has 5 aromatic rings. The smallest absolute Gasteiger partial charge is 0.224 e. The predicted octanol–water partition coefficient (Wildman–Crippen LogP) is 3.39.